The molecule has 0 atom stereocenters. The van der Waals surface area contributed by atoms with E-state index in [-0.39, 0.29) is 5.91 Å². The van der Waals surface area contributed by atoms with E-state index < -0.39 is 6.03 Å². The lowest BCUT2D eigenvalue weighted by atomic mass is 10.0. The van der Waals surface area contributed by atoms with Crippen LogP contribution in [0.1, 0.15) is 10.4 Å². The molecule has 0 aliphatic carbocycles. The van der Waals surface area contributed by atoms with Crippen LogP contribution in [0.2, 0.25) is 0 Å². The molecular weight excluding hydrogens is 398 g/mol. The zero-order valence-corrected chi connectivity index (χ0v) is 16.9. The molecule has 30 heavy (non-hydrogen) atoms. The molecule has 7 nitrogen and oxygen atoms in total. The Bertz CT molecular complexity index is 1170. The van der Waals surface area contributed by atoms with Crippen LogP contribution in [0.3, 0.4) is 0 Å². The minimum absolute atomic E-state index is 0.258. The molecule has 0 spiro atoms. The van der Waals surface area contributed by atoms with Crippen molar-refractivity contribution in [1.82, 2.24) is 9.78 Å². The summed E-state index contributed by atoms with van der Waals surface area (Å²) < 4.78 is 1.60. The van der Waals surface area contributed by atoms with E-state index in [2.05, 4.69) is 21.0 Å². The molecule has 0 aliphatic heterocycles. The number of amides is 3. The summed E-state index contributed by atoms with van der Waals surface area (Å²) in [5.41, 5.74) is 3.45. The van der Waals surface area contributed by atoms with E-state index in [1.807, 2.05) is 53.2 Å². The number of carbonyl (C=O) groups excluding carboxylic acids is 2. The van der Waals surface area contributed by atoms with Gasteiger partial charge in [-0.25, -0.2) is 4.79 Å². The van der Waals surface area contributed by atoms with E-state index >= 15 is 0 Å². The predicted molar refractivity (Wildman–Crippen MR) is 120 cm³/mol. The largest absolute Gasteiger partial charge is 0.324 e. The van der Waals surface area contributed by atoms with E-state index in [0.29, 0.717) is 22.8 Å². The van der Waals surface area contributed by atoms with E-state index in [1.54, 1.807) is 47.5 Å². The van der Waals surface area contributed by atoms with Crippen LogP contribution in [-0.4, -0.2) is 21.7 Å². The van der Waals surface area contributed by atoms with Crippen molar-refractivity contribution < 1.29 is 9.59 Å². The number of hydrogen-bond acceptors (Lipinski definition) is 4. The van der Waals surface area contributed by atoms with Gasteiger partial charge in [0.05, 0.1) is 5.69 Å². The molecule has 8 heteroatoms. The lowest BCUT2D eigenvalue weighted by Crippen LogP contribution is -2.21. The number of aryl methyl sites for hydroxylation is 1. The Hall–Kier alpha value is -3.91. The normalized spacial score (nSPS) is 10.4. The van der Waals surface area contributed by atoms with Crippen LogP contribution < -0.4 is 16.0 Å². The third-order valence-corrected chi connectivity index (χ3v) is 5.03. The number of urea groups is 1. The molecule has 2 aromatic carbocycles. The Kier molecular flexibility index (Phi) is 5.58. The van der Waals surface area contributed by atoms with Gasteiger partial charge in [0.15, 0.2) is 5.82 Å². The molecule has 0 fully saturated rings. The molecule has 0 saturated heterocycles. The van der Waals surface area contributed by atoms with Crippen LogP contribution in [0, 0.1) is 0 Å². The van der Waals surface area contributed by atoms with Crippen LogP contribution in [0.15, 0.2) is 77.6 Å². The van der Waals surface area contributed by atoms with E-state index in [4.69, 9.17) is 0 Å². The highest BCUT2D eigenvalue weighted by Crippen LogP contribution is 2.31. The van der Waals surface area contributed by atoms with Gasteiger partial charge in [-0.05, 0) is 46.7 Å². The summed E-state index contributed by atoms with van der Waals surface area (Å²) in [6, 6.07) is 17.7. The standard InChI is InChI=1S/C22H19N5O2S/c1-27-11-9-20(26-27)25-22(29)24-19-13-15(7-8-18(19)16-10-12-30-14-16)21(28)23-17-5-3-2-4-6-17/h2-14H,1H3,(H,23,28)(H2,24,25,26,29). The minimum atomic E-state index is -0.439. The van der Waals surface area contributed by atoms with Crippen molar-refractivity contribution in [1.29, 1.82) is 0 Å². The molecule has 2 aromatic heterocycles. The summed E-state index contributed by atoms with van der Waals surface area (Å²) >= 11 is 1.56. The van der Waals surface area contributed by atoms with Gasteiger partial charge in [0.25, 0.3) is 5.91 Å². The van der Waals surface area contributed by atoms with Crippen molar-refractivity contribution in [3.05, 3.63) is 83.2 Å². The smallest absolute Gasteiger partial charge is 0.322 e. The molecule has 4 aromatic rings. The highest BCUT2D eigenvalue weighted by Gasteiger charge is 2.14. The van der Waals surface area contributed by atoms with Crippen LogP contribution in [0.4, 0.5) is 22.0 Å². The molecule has 2 heterocycles. The predicted octanol–water partition coefficient (Wildman–Crippen LogP) is 5.04. The minimum Gasteiger partial charge on any atom is -0.322 e. The number of nitrogens with zero attached hydrogens (tertiary/aromatic N) is 2. The van der Waals surface area contributed by atoms with Gasteiger partial charge in [-0.2, -0.15) is 16.4 Å². The highest BCUT2D eigenvalue weighted by atomic mass is 32.1. The lowest BCUT2D eigenvalue weighted by Gasteiger charge is -2.13. The molecule has 3 N–H and O–H groups in total. The van der Waals surface area contributed by atoms with Crippen molar-refractivity contribution in [3.63, 3.8) is 0 Å². The molecule has 150 valence electrons. The molecule has 3 amide bonds. The van der Waals surface area contributed by atoms with Crippen LogP contribution in [0.5, 0.6) is 0 Å². The first kappa shape index (κ1) is 19.4. The highest BCUT2D eigenvalue weighted by molar-refractivity contribution is 7.08. The summed E-state index contributed by atoms with van der Waals surface area (Å²) in [5, 5.41) is 16.5. The van der Waals surface area contributed by atoms with Gasteiger partial charge in [-0.3, -0.25) is 14.8 Å². The first-order valence-electron chi connectivity index (χ1n) is 9.19. The fourth-order valence-corrected chi connectivity index (χ4v) is 3.59. The number of thiophene rings is 1. The van der Waals surface area contributed by atoms with E-state index in [1.165, 1.54) is 0 Å². The van der Waals surface area contributed by atoms with Gasteiger partial charge in [0.2, 0.25) is 0 Å². The van der Waals surface area contributed by atoms with Crippen molar-refractivity contribution >= 4 is 40.5 Å². The van der Waals surface area contributed by atoms with Gasteiger partial charge >= 0.3 is 6.03 Å². The quantitative estimate of drug-likeness (QED) is 0.425. The monoisotopic (exact) mass is 417 g/mol. The van der Waals surface area contributed by atoms with E-state index in [9.17, 15) is 9.59 Å². The van der Waals surface area contributed by atoms with Gasteiger partial charge < -0.3 is 10.6 Å². The van der Waals surface area contributed by atoms with Crippen LogP contribution in [0.25, 0.3) is 11.1 Å². The second-order valence-electron chi connectivity index (χ2n) is 6.55. The summed E-state index contributed by atoms with van der Waals surface area (Å²) in [6.07, 6.45) is 1.74. The Balaban J connectivity index is 1.59. The molecule has 0 aliphatic rings. The number of para-hydroxylation sites is 1. The summed E-state index contributed by atoms with van der Waals surface area (Å²) in [6.45, 7) is 0. The Morgan fingerprint density at radius 2 is 1.80 bits per heavy atom. The maximum atomic E-state index is 12.7. The second-order valence-corrected chi connectivity index (χ2v) is 7.33. The number of anilines is 3. The van der Waals surface area contributed by atoms with Gasteiger partial charge in [-0.15, -0.1) is 0 Å². The molecule has 0 bridgehead atoms. The lowest BCUT2D eigenvalue weighted by molar-refractivity contribution is 0.102. The maximum Gasteiger partial charge on any atom is 0.324 e. The fraction of sp³-hybridized carbons (Fsp3) is 0.0455. The number of rotatable bonds is 5. The average Bonchev–Trinajstić information content (AvgIpc) is 3.40. The number of hydrogen-bond donors (Lipinski definition) is 3. The SMILES string of the molecule is Cn1ccc(NC(=O)Nc2cc(C(=O)Nc3ccccc3)ccc2-c2ccsc2)n1. The third-order valence-electron chi connectivity index (χ3n) is 4.35. The van der Waals surface area contributed by atoms with Crippen molar-refractivity contribution in [2.75, 3.05) is 16.0 Å². The van der Waals surface area contributed by atoms with Crippen LogP contribution >= 0.6 is 11.3 Å². The number of aromatic nitrogens is 2. The molecule has 0 unspecified atom stereocenters. The molecule has 4 rings (SSSR count). The van der Waals surface area contributed by atoms with Crippen molar-refractivity contribution in [2.24, 2.45) is 7.05 Å². The number of carbonyl (C=O) groups is 2. The van der Waals surface area contributed by atoms with E-state index in [0.717, 1.165) is 11.1 Å². The summed E-state index contributed by atoms with van der Waals surface area (Å²) in [7, 11) is 1.77. The van der Waals surface area contributed by atoms with Crippen molar-refractivity contribution in [3.8, 4) is 11.1 Å². The second kappa shape index (κ2) is 8.62. The Morgan fingerprint density at radius 1 is 0.967 bits per heavy atom. The van der Waals surface area contributed by atoms with Gasteiger partial charge in [0.1, 0.15) is 0 Å². The van der Waals surface area contributed by atoms with Gasteiger partial charge in [-0.1, -0.05) is 24.3 Å². The molecular formula is C22H19N5O2S. The van der Waals surface area contributed by atoms with Gasteiger partial charge in [0, 0.05) is 36.1 Å². The first-order chi connectivity index (χ1) is 14.6. The fourth-order valence-electron chi connectivity index (χ4n) is 2.93. The van der Waals surface area contributed by atoms with Crippen LogP contribution in [-0.2, 0) is 7.05 Å². The first-order valence-corrected chi connectivity index (χ1v) is 10.1. The third kappa shape index (κ3) is 4.56. The zero-order valence-electron chi connectivity index (χ0n) is 16.1. The van der Waals surface area contributed by atoms with Crippen molar-refractivity contribution in [2.45, 2.75) is 0 Å². The Morgan fingerprint density at radius 3 is 2.50 bits per heavy atom. The topological polar surface area (TPSA) is 88.0 Å². The molecule has 0 radical (unpaired) electrons. The Labute approximate surface area is 177 Å². The number of benzene rings is 2. The number of nitrogens with one attached hydrogen (secondary N) is 3. The summed E-state index contributed by atoms with van der Waals surface area (Å²) in [5.74, 6) is 0.177. The average molecular weight is 417 g/mol. The zero-order chi connectivity index (χ0) is 20.9. The maximum absolute atomic E-state index is 12.7. The summed E-state index contributed by atoms with van der Waals surface area (Å²) in [4.78, 5) is 25.2. The molecule has 0 saturated carbocycles.